The molecule has 0 spiro atoms. The number of ether oxygens (including phenoxy) is 1. The predicted octanol–water partition coefficient (Wildman–Crippen LogP) is 5.16. The van der Waals surface area contributed by atoms with Crippen LogP contribution in [0.2, 0.25) is 0 Å². The van der Waals surface area contributed by atoms with Crippen molar-refractivity contribution in [3.8, 4) is 11.4 Å². The summed E-state index contributed by atoms with van der Waals surface area (Å²) >= 11 is 0. The molecule has 0 atom stereocenters. The molecule has 1 heterocycles. The fourth-order valence-corrected chi connectivity index (χ4v) is 3.54. The molecule has 0 saturated carbocycles. The van der Waals surface area contributed by atoms with Gasteiger partial charge in [0, 0.05) is 5.69 Å². The van der Waals surface area contributed by atoms with E-state index in [0.29, 0.717) is 6.61 Å². The minimum absolute atomic E-state index is 0.657. The molecule has 4 rings (SSSR count). The van der Waals surface area contributed by atoms with Crippen molar-refractivity contribution in [2.45, 2.75) is 26.7 Å². The van der Waals surface area contributed by atoms with Crippen LogP contribution < -0.4 is 10.5 Å². The van der Waals surface area contributed by atoms with E-state index in [-0.39, 0.29) is 0 Å². The van der Waals surface area contributed by atoms with Crippen molar-refractivity contribution in [2.75, 3.05) is 12.3 Å². The summed E-state index contributed by atoms with van der Waals surface area (Å²) in [6.07, 6.45) is 3.73. The molecule has 0 radical (unpaired) electrons. The van der Waals surface area contributed by atoms with E-state index in [1.807, 2.05) is 42.1 Å². The van der Waals surface area contributed by atoms with Crippen LogP contribution >= 0.6 is 0 Å². The molecule has 0 unspecified atom stereocenters. The third-order valence-electron chi connectivity index (χ3n) is 5.00. The van der Waals surface area contributed by atoms with Gasteiger partial charge in [-0.2, -0.15) is 0 Å². The Morgan fingerprint density at radius 1 is 0.893 bits per heavy atom. The average Bonchev–Trinajstić information content (AvgIpc) is 3.14. The van der Waals surface area contributed by atoms with Crippen molar-refractivity contribution in [1.29, 1.82) is 0 Å². The van der Waals surface area contributed by atoms with Crippen molar-refractivity contribution in [3.05, 3.63) is 83.7 Å². The molecule has 3 aromatic carbocycles. The smallest absolute Gasteiger partial charge is 0.119 e. The van der Waals surface area contributed by atoms with Crippen LogP contribution in [0.5, 0.6) is 5.75 Å². The van der Waals surface area contributed by atoms with Crippen LogP contribution in [-0.2, 0) is 12.8 Å². The van der Waals surface area contributed by atoms with Gasteiger partial charge in [0.05, 0.1) is 23.3 Å². The normalized spacial score (nSPS) is 11.1. The molecule has 28 heavy (non-hydrogen) atoms. The van der Waals surface area contributed by atoms with E-state index in [1.165, 1.54) is 16.7 Å². The zero-order valence-electron chi connectivity index (χ0n) is 16.4. The zero-order chi connectivity index (χ0) is 19.5. The van der Waals surface area contributed by atoms with Gasteiger partial charge >= 0.3 is 0 Å². The highest BCUT2D eigenvalue weighted by Crippen LogP contribution is 2.27. The number of aromatic nitrogens is 2. The molecule has 2 N–H and O–H groups in total. The summed E-state index contributed by atoms with van der Waals surface area (Å²) in [6.45, 7) is 4.81. The van der Waals surface area contributed by atoms with Crippen molar-refractivity contribution >= 4 is 16.7 Å². The second-order valence-corrected chi connectivity index (χ2v) is 6.94. The molecule has 4 heteroatoms. The summed E-state index contributed by atoms with van der Waals surface area (Å²) in [7, 11) is 0. The highest BCUT2D eigenvalue weighted by Gasteiger charge is 2.11. The molecule has 0 aliphatic rings. The Hall–Kier alpha value is -3.27. The summed E-state index contributed by atoms with van der Waals surface area (Å²) in [5.74, 6) is 0.861. The van der Waals surface area contributed by atoms with Crippen molar-refractivity contribution in [3.63, 3.8) is 0 Å². The van der Waals surface area contributed by atoms with Crippen LogP contribution in [0.4, 0.5) is 5.69 Å². The Bertz CT molecular complexity index is 1080. The van der Waals surface area contributed by atoms with Gasteiger partial charge in [0.2, 0.25) is 0 Å². The zero-order valence-corrected chi connectivity index (χ0v) is 16.4. The maximum atomic E-state index is 6.43. The first-order valence-electron chi connectivity index (χ1n) is 9.74. The Kier molecular flexibility index (Phi) is 5.02. The van der Waals surface area contributed by atoms with E-state index < -0.39 is 0 Å². The maximum absolute atomic E-state index is 6.43. The third kappa shape index (κ3) is 3.58. The van der Waals surface area contributed by atoms with Gasteiger partial charge in [-0.3, -0.25) is 4.57 Å². The molecule has 0 aliphatic carbocycles. The molecule has 4 nitrogen and oxygen atoms in total. The van der Waals surface area contributed by atoms with E-state index in [1.54, 1.807) is 0 Å². The Balaban J connectivity index is 1.65. The first-order valence-corrected chi connectivity index (χ1v) is 9.74. The molecule has 0 saturated heterocycles. The van der Waals surface area contributed by atoms with E-state index in [9.17, 15) is 0 Å². The van der Waals surface area contributed by atoms with Gasteiger partial charge in [-0.1, -0.05) is 31.2 Å². The number of aryl methyl sites for hydroxylation is 1. The van der Waals surface area contributed by atoms with E-state index in [4.69, 9.17) is 10.5 Å². The molecule has 142 valence electrons. The molecular weight excluding hydrogens is 346 g/mol. The van der Waals surface area contributed by atoms with Crippen LogP contribution in [0.1, 0.15) is 30.5 Å². The van der Waals surface area contributed by atoms with Gasteiger partial charge in [-0.05, 0) is 72.9 Å². The largest absolute Gasteiger partial charge is 0.494 e. The number of anilines is 1. The van der Waals surface area contributed by atoms with Gasteiger partial charge < -0.3 is 10.5 Å². The lowest BCUT2D eigenvalue weighted by atomic mass is 10.0. The fourth-order valence-electron chi connectivity index (χ4n) is 3.54. The quantitative estimate of drug-likeness (QED) is 0.476. The lowest BCUT2D eigenvalue weighted by Crippen LogP contribution is -1.98. The molecule has 0 fully saturated rings. The lowest BCUT2D eigenvalue weighted by Gasteiger charge is -2.10. The monoisotopic (exact) mass is 371 g/mol. The SMILES string of the molecule is CCOc1ccc(-n2cnc3cc(Cc4ccc(CC)cc4)cc(N)c32)cc1. The third-order valence-corrected chi connectivity index (χ3v) is 5.00. The standard InChI is InChI=1S/C24H25N3O/c1-3-17-5-7-18(8-6-17)13-19-14-22(25)24-23(15-19)26-16-27(24)20-9-11-21(12-10-20)28-4-2/h5-12,14-16H,3-4,13,25H2,1-2H3. The summed E-state index contributed by atoms with van der Waals surface area (Å²) in [6, 6.07) is 20.9. The summed E-state index contributed by atoms with van der Waals surface area (Å²) in [5, 5.41) is 0. The minimum Gasteiger partial charge on any atom is -0.494 e. The first-order chi connectivity index (χ1) is 13.7. The topological polar surface area (TPSA) is 53.1 Å². The van der Waals surface area contributed by atoms with Crippen molar-refractivity contribution < 1.29 is 4.74 Å². The number of rotatable bonds is 6. The Morgan fingerprint density at radius 2 is 1.61 bits per heavy atom. The number of nitrogen functional groups attached to an aromatic ring is 1. The molecule has 4 aromatic rings. The lowest BCUT2D eigenvalue weighted by molar-refractivity contribution is 0.340. The Labute approximate surface area is 165 Å². The van der Waals surface area contributed by atoms with Crippen LogP contribution in [0.25, 0.3) is 16.7 Å². The predicted molar refractivity (Wildman–Crippen MR) is 115 cm³/mol. The van der Waals surface area contributed by atoms with Gasteiger partial charge in [-0.15, -0.1) is 0 Å². The highest BCUT2D eigenvalue weighted by molar-refractivity contribution is 5.89. The number of benzene rings is 3. The van der Waals surface area contributed by atoms with Gasteiger partial charge in [0.15, 0.2) is 0 Å². The number of imidazole rings is 1. The highest BCUT2D eigenvalue weighted by atomic mass is 16.5. The molecule has 0 amide bonds. The molecular formula is C24H25N3O. The number of nitrogens with two attached hydrogens (primary N) is 1. The first kappa shape index (κ1) is 18.1. The van der Waals surface area contributed by atoms with Gasteiger partial charge in [0.1, 0.15) is 12.1 Å². The second kappa shape index (κ2) is 7.77. The Morgan fingerprint density at radius 3 is 2.29 bits per heavy atom. The van der Waals surface area contributed by atoms with E-state index in [2.05, 4.69) is 48.3 Å². The van der Waals surface area contributed by atoms with E-state index >= 15 is 0 Å². The molecule has 1 aromatic heterocycles. The second-order valence-electron chi connectivity index (χ2n) is 6.94. The number of hydrogen-bond donors (Lipinski definition) is 1. The van der Waals surface area contributed by atoms with Crippen LogP contribution in [0.15, 0.2) is 67.0 Å². The van der Waals surface area contributed by atoms with Crippen molar-refractivity contribution in [2.24, 2.45) is 0 Å². The number of nitrogens with zero attached hydrogens (tertiary/aromatic N) is 2. The number of hydrogen-bond acceptors (Lipinski definition) is 3. The number of fused-ring (bicyclic) bond motifs is 1. The van der Waals surface area contributed by atoms with Crippen molar-refractivity contribution in [1.82, 2.24) is 9.55 Å². The van der Waals surface area contributed by atoms with Gasteiger partial charge in [0.25, 0.3) is 0 Å². The summed E-state index contributed by atoms with van der Waals surface area (Å²) < 4.78 is 7.55. The average molecular weight is 371 g/mol. The van der Waals surface area contributed by atoms with E-state index in [0.717, 1.165) is 41.0 Å². The van der Waals surface area contributed by atoms with Crippen LogP contribution in [0, 0.1) is 0 Å². The van der Waals surface area contributed by atoms with Crippen LogP contribution in [-0.4, -0.2) is 16.2 Å². The minimum atomic E-state index is 0.657. The summed E-state index contributed by atoms with van der Waals surface area (Å²) in [5.41, 5.74) is 13.8. The van der Waals surface area contributed by atoms with Gasteiger partial charge in [-0.25, -0.2) is 4.98 Å². The molecule has 0 bridgehead atoms. The van der Waals surface area contributed by atoms with Crippen LogP contribution in [0.3, 0.4) is 0 Å². The molecule has 0 aliphatic heterocycles. The maximum Gasteiger partial charge on any atom is 0.119 e. The summed E-state index contributed by atoms with van der Waals surface area (Å²) in [4.78, 5) is 4.60. The fraction of sp³-hybridized carbons (Fsp3) is 0.208.